The van der Waals surface area contributed by atoms with Crippen LogP contribution in [0, 0.1) is 5.92 Å². The topological polar surface area (TPSA) is 98.7 Å². The Kier molecular flexibility index (Phi) is 4.09. The minimum absolute atomic E-state index is 0.00614. The first-order valence-electron chi connectivity index (χ1n) is 5.65. The van der Waals surface area contributed by atoms with Crippen LogP contribution in [-0.2, 0) is 14.8 Å². The molecule has 0 amide bonds. The SMILES string of the molecule is COCC(C)CNS(=O)(=O)c1c(N)nc2sccn12. The second-order valence-corrected chi connectivity index (χ2v) is 6.83. The summed E-state index contributed by atoms with van der Waals surface area (Å²) < 4.78 is 33.5. The number of nitrogens with zero attached hydrogens (tertiary/aromatic N) is 2. The molecule has 7 nitrogen and oxygen atoms in total. The summed E-state index contributed by atoms with van der Waals surface area (Å²) in [5, 5.41) is 1.75. The van der Waals surface area contributed by atoms with Crippen molar-refractivity contribution in [3.8, 4) is 0 Å². The van der Waals surface area contributed by atoms with Crippen molar-refractivity contribution in [2.45, 2.75) is 11.9 Å². The van der Waals surface area contributed by atoms with E-state index in [0.717, 1.165) is 0 Å². The van der Waals surface area contributed by atoms with Gasteiger partial charge in [0.25, 0.3) is 10.0 Å². The molecule has 0 spiro atoms. The van der Waals surface area contributed by atoms with Crippen LogP contribution in [0.5, 0.6) is 0 Å². The molecule has 2 rings (SSSR count). The molecule has 106 valence electrons. The number of nitrogens with two attached hydrogens (primary N) is 1. The molecule has 1 unspecified atom stereocenters. The number of anilines is 1. The van der Waals surface area contributed by atoms with Gasteiger partial charge in [0.1, 0.15) is 0 Å². The number of fused-ring (bicyclic) bond motifs is 1. The van der Waals surface area contributed by atoms with Crippen molar-refractivity contribution in [3.63, 3.8) is 0 Å². The number of sulfonamides is 1. The fourth-order valence-electron chi connectivity index (χ4n) is 1.71. The van der Waals surface area contributed by atoms with Crippen LogP contribution in [0.25, 0.3) is 4.96 Å². The Hall–Kier alpha value is -1.16. The highest BCUT2D eigenvalue weighted by atomic mass is 32.2. The lowest BCUT2D eigenvalue weighted by molar-refractivity contribution is 0.161. The summed E-state index contributed by atoms with van der Waals surface area (Å²) >= 11 is 1.33. The van der Waals surface area contributed by atoms with Crippen LogP contribution in [-0.4, -0.2) is 38.1 Å². The van der Waals surface area contributed by atoms with Crippen LogP contribution >= 0.6 is 11.3 Å². The molecule has 0 saturated carbocycles. The third-order valence-electron chi connectivity index (χ3n) is 2.57. The van der Waals surface area contributed by atoms with Crippen LogP contribution in [0.2, 0.25) is 0 Å². The van der Waals surface area contributed by atoms with Crippen molar-refractivity contribution in [2.24, 2.45) is 5.92 Å². The predicted octanol–water partition coefficient (Wildman–Crippen LogP) is 0.539. The number of hydrogen-bond donors (Lipinski definition) is 2. The summed E-state index contributed by atoms with van der Waals surface area (Å²) in [5.74, 6) is 0.0885. The Morgan fingerprint density at radius 3 is 3.05 bits per heavy atom. The fraction of sp³-hybridized carbons (Fsp3) is 0.500. The maximum atomic E-state index is 12.2. The Morgan fingerprint density at radius 1 is 1.63 bits per heavy atom. The summed E-state index contributed by atoms with van der Waals surface area (Å²) in [4.78, 5) is 4.58. The van der Waals surface area contributed by atoms with E-state index in [0.29, 0.717) is 11.6 Å². The standard InChI is InChI=1S/C10H16N4O3S2/c1-7(6-17-2)5-12-19(15,16)9-8(11)13-10-14(9)3-4-18-10/h3-4,7,12H,5-6,11H2,1-2H3. The average Bonchev–Trinajstić information content (AvgIpc) is 2.86. The van der Waals surface area contributed by atoms with Gasteiger partial charge in [0.05, 0.1) is 0 Å². The van der Waals surface area contributed by atoms with Crippen molar-refractivity contribution < 1.29 is 13.2 Å². The van der Waals surface area contributed by atoms with Crippen LogP contribution < -0.4 is 10.5 Å². The first-order valence-corrected chi connectivity index (χ1v) is 8.01. The molecular formula is C10H16N4O3S2. The van der Waals surface area contributed by atoms with E-state index in [-0.39, 0.29) is 23.3 Å². The molecule has 0 aromatic carbocycles. The molecule has 0 saturated heterocycles. The normalized spacial score (nSPS) is 14.0. The van der Waals surface area contributed by atoms with E-state index < -0.39 is 10.0 Å². The van der Waals surface area contributed by atoms with Gasteiger partial charge in [-0.25, -0.2) is 18.1 Å². The number of rotatable bonds is 6. The average molecular weight is 304 g/mol. The van der Waals surface area contributed by atoms with E-state index in [9.17, 15) is 8.42 Å². The highest BCUT2D eigenvalue weighted by Crippen LogP contribution is 2.23. The van der Waals surface area contributed by atoms with Gasteiger partial charge < -0.3 is 10.5 Å². The molecule has 2 aromatic heterocycles. The molecule has 0 bridgehead atoms. The van der Waals surface area contributed by atoms with Gasteiger partial charge in [0.2, 0.25) is 0 Å². The number of thiazole rings is 1. The van der Waals surface area contributed by atoms with Gasteiger partial charge in [-0.05, 0) is 5.92 Å². The molecular weight excluding hydrogens is 288 g/mol. The molecule has 2 heterocycles. The number of imidazole rings is 1. The summed E-state index contributed by atoms with van der Waals surface area (Å²) in [6, 6.07) is 0. The van der Waals surface area contributed by atoms with Gasteiger partial charge >= 0.3 is 0 Å². The zero-order valence-corrected chi connectivity index (χ0v) is 12.3. The Morgan fingerprint density at radius 2 is 2.37 bits per heavy atom. The van der Waals surface area contributed by atoms with Gasteiger partial charge in [0.15, 0.2) is 15.8 Å². The van der Waals surface area contributed by atoms with Gasteiger partial charge in [-0.3, -0.25) is 4.40 Å². The smallest absolute Gasteiger partial charge is 0.260 e. The second-order valence-electron chi connectivity index (χ2n) is 4.27. The molecule has 0 aliphatic carbocycles. The third kappa shape index (κ3) is 2.89. The molecule has 2 aromatic rings. The fourth-order valence-corrected chi connectivity index (χ4v) is 3.86. The maximum Gasteiger partial charge on any atom is 0.260 e. The molecule has 1 atom stereocenters. The highest BCUT2D eigenvalue weighted by Gasteiger charge is 2.24. The summed E-state index contributed by atoms with van der Waals surface area (Å²) in [6.07, 6.45) is 1.64. The lowest BCUT2D eigenvalue weighted by atomic mass is 10.2. The highest BCUT2D eigenvalue weighted by molar-refractivity contribution is 7.89. The number of hydrogen-bond acceptors (Lipinski definition) is 6. The quantitative estimate of drug-likeness (QED) is 0.811. The van der Waals surface area contributed by atoms with E-state index in [1.54, 1.807) is 18.7 Å². The van der Waals surface area contributed by atoms with Crippen molar-refractivity contribution in [2.75, 3.05) is 26.0 Å². The van der Waals surface area contributed by atoms with Crippen LogP contribution in [0.1, 0.15) is 6.92 Å². The molecule has 3 N–H and O–H groups in total. The summed E-state index contributed by atoms with van der Waals surface area (Å²) in [7, 11) is -2.10. The van der Waals surface area contributed by atoms with E-state index in [1.165, 1.54) is 15.7 Å². The third-order valence-corrected chi connectivity index (χ3v) is 4.79. The Balaban J connectivity index is 2.24. The predicted molar refractivity (Wildman–Crippen MR) is 73.7 cm³/mol. The zero-order chi connectivity index (χ0) is 14.0. The van der Waals surface area contributed by atoms with Crippen molar-refractivity contribution in [1.82, 2.24) is 14.1 Å². The number of nitrogens with one attached hydrogen (secondary N) is 1. The van der Waals surface area contributed by atoms with E-state index in [4.69, 9.17) is 10.5 Å². The molecule has 9 heteroatoms. The molecule has 0 radical (unpaired) electrons. The van der Waals surface area contributed by atoms with E-state index >= 15 is 0 Å². The minimum atomic E-state index is -3.68. The molecule has 0 aliphatic rings. The number of ether oxygens (including phenoxy) is 1. The van der Waals surface area contributed by atoms with Crippen molar-refractivity contribution in [1.29, 1.82) is 0 Å². The number of methoxy groups -OCH3 is 1. The maximum absolute atomic E-state index is 12.2. The van der Waals surface area contributed by atoms with Gasteiger partial charge in [-0.2, -0.15) is 0 Å². The van der Waals surface area contributed by atoms with Crippen LogP contribution in [0.4, 0.5) is 5.82 Å². The number of aromatic nitrogens is 2. The Labute approximate surface area is 115 Å². The van der Waals surface area contributed by atoms with Gasteiger partial charge in [0, 0.05) is 31.8 Å². The second kappa shape index (κ2) is 5.45. The monoisotopic (exact) mass is 304 g/mol. The van der Waals surface area contributed by atoms with E-state index in [1.807, 2.05) is 6.92 Å². The van der Waals surface area contributed by atoms with Crippen molar-refractivity contribution >= 4 is 32.1 Å². The van der Waals surface area contributed by atoms with Gasteiger partial charge in [-0.15, -0.1) is 11.3 Å². The lowest BCUT2D eigenvalue weighted by Crippen LogP contribution is -2.31. The van der Waals surface area contributed by atoms with Gasteiger partial charge in [-0.1, -0.05) is 6.92 Å². The molecule has 0 aliphatic heterocycles. The Bertz CT molecular complexity index is 661. The summed E-state index contributed by atoms with van der Waals surface area (Å²) in [5.41, 5.74) is 5.68. The zero-order valence-electron chi connectivity index (χ0n) is 10.7. The first kappa shape index (κ1) is 14.3. The largest absolute Gasteiger partial charge is 0.384 e. The summed E-state index contributed by atoms with van der Waals surface area (Å²) in [6.45, 7) is 2.66. The lowest BCUT2D eigenvalue weighted by Gasteiger charge is -2.11. The first-order chi connectivity index (χ1) is 8.95. The molecule has 19 heavy (non-hydrogen) atoms. The van der Waals surface area contributed by atoms with Crippen LogP contribution in [0.3, 0.4) is 0 Å². The molecule has 0 fully saturated rings. The van der Waals surface area contributed by atoms with Crippen molar-refractivity contribution in [3.05, 3.63) is 11.6 Å². The minimum Gasteiger partial charge on any atom is -0.384 e. The van der Waals surface area contributed by atoms with Crippen LogP contribution in [0.15, 0.2) is 16.6 Å². The number of nitrogen functional groups attached to an aromatic ring is 1. The van der Waals surface area contributed by atoms with E-state index in [2.05, 4.69) is 9.71 Å².